The Hall–Kier alpha value is -0.340. The number of nitrogens with one attached hydrogen (secondary N) is 1. The minimum Gasteiger partial charge on any atom is -0.329 e. The first-order chi connectivity index (χ1) is 6.95. The molecule has 0 spiro atoms. The summed E-state index contributed by atoms with van der Waals surface area (Å²) in [5, 5.41) is -0.588. The first-order valence-corrected chi connectivity index (χ1v) is 7.05. The van der Waals surface area contributed by atoms with Gasteiger partial charge in [-0.25, -0.2) is 8.42 Å². The van der Waals surface area contributed by atoms with Gasteiger partial charge in [-0.05, 0) is 47.7 Å². The zero-order valence-electron chi connectivity index (χ0n) is 8.27. The zero-order valence-corrected chi connectivity index (χ0v) is 11.2. The monoisotopic (exact) mass is 340 g/mol. The second kappa shape index (κ2) is 5.13. The Balaban J connectivity index is 2.87. The lowest BCUT2D eigenvalue weighted by Crippen LogP contribution is -2.31. The van der Waals surface area contributed by atoms with Crippen LogP contribution in [0.1, 0.15) is 6.92 Å². The van der Waals surface area contributed by atoms with E-state index in [-0.39, 0.29) is 6.54 Å². The molecule has 0 aliphatic carbocycles. The molecule has 0 aliphatic rings. The number of hydrogen-bond donors (Lipinski definition) is 2. The summed E-state index contributed by atoms with van der Waals surface area (Å²) in [5.74, 6) is 0. The Bertz CT molecular complexity index is 433. The van der Waals surface area contributed by atoms with Gasteiger partial charge < -0.3 is 5.73 Å². The van der Waals surface area contributed by atoms with Gasteiger partial charge in [0.25, 0.3) is 0 Å². The molecule has 0 saturated carbocycles. The molecule has 6 heteroatoms. The zero-order chi connectivity index (χ0) is 11.5. The molecule has 1 rings (SSSR count). The Morgan fingerprint density at radius 2 is 2.20 bits per heavy atom. The molecule has 0 bridgehead atoms. The van der Waals surface area contributed by atoms with E-state index in [0.29, 0.717) is 5.69 Å². The van der Waals surface area contributed by atoms with Crippen molar-refractivity contribution in [2.75, 3.05) is 11.3 Å². The maximum atomic E-state index is 11.6. The molecule has 0 aromatic heterocycles. The molecule has 0 aliphatic heterocycles. The third-order valence-electron chi connectivity index (χ3n) is 1.95. The van der Waals surface area contributed by atoms with Crippen molar-refractivity contribution in [2.45, 2.75) is 12.2 Å². The first kappa shape index (κ1) is 12.7. The Morgan fingerprint density at radius 1 is 1.53 bits per heavy atom. The van der Waals surface area contributed by atoms with Gasteiger partial charge in [-0.1, -0.05) is 6.07 Å². The van der Waals surface area contributed by atoms with Gasteiger partial charge in [0.2, 0.25) is 10.0 Å². The van der Waals surface area contributed by atoms with Gasteiger partial charge in [-0.2, -0.15) is 0 Å². The standard InChI is InChI=1S/C9H13IN2O2S/c1-7(6-11)15(13,14)12-9-4-2-3-8(10)5-9/h2-5,7,12H,6,11H2,1H3. The molecule has 4 nitrogen and oxygen atoms in total. The van der Waals surface area contributed by atoms with Crippen molar-refractivity contribution >= 4 is 38.3 Å². The van der Waals surface area contributed by atoms with E-state index in [4.69, 9.17) is 5.73 Å². The van der Waals surface area contributed by atoms with Crippen LogP contribution in [0.15, 0.2) is 24.3 Å². The van der Waals surface area contributed by atoms with Crippen LogP contribution in [0.3, 0.4) is 0 Å². The highest BCUT2D eigenvalue weighted by molar-refractivity contribution is 14.1. The molecule has 1 aromatic rings. The average molecular weight is 340 g/mol. The molecule has 1 aromatic carbocycles. The minimum absolute atomic E-state index is 0.110. The van der Waals surface area contributed by atoms with E-state index < -0.39 is 15.3 Å². The fourth-order valence-electron chi connectivity index (χ4n) is 0.944. The second-order valence-corrected chi connectivity index (χ2v) is 6.55. The van der Waals surface area contributed by atoms with Gasteiger partial charge in [0.05, 0.1) is 5.25 Å². The first-order valence-electron chi connectivity index (χ1n) is 4.43. The van der Waals surface area contributed by atoms with Crippen LogP contribution < -0.4 is 10.5 Å². The van der Waals surface area contributed by atoms with E-state index in [2.05, 4.69) is 27.3 Å². The molecule has 0 saturated heterocycles. The van der Waals surface area contributed by atoms with Crippen molar-refractivity contribution < 1.29 is 8.42 Å². The van der Waals surface area contributed by atoms with Gasteiger partial charge in [0, 0.05) is 15.8 Å². The summed E-state index contributed by atoms with van der Waals surface area (Å²) in [4.78, 5) is 0. The summed E-state index contributed by atoms with van der Waals surface area (Å²) in [6.45, 7) is 1.69. The number of benzene rings is 1. The van der Waals surface area contributed by atoms with Gasteiger partial charge >= 0.3 is 0 Å². The second-order valence-electron chi connectivity index (χ2n) is 3.20. The van der Waals surface area contributed by atoms with Gasteiger partial charge in [0.15, 0.2) is 0 Å². The van der Waals surface area contributed by atoms with Gasteiger partial charge in [-0.3, -0.25) is 4.72 Å². The lowest BCUT2D eigenvalue weighted by Gasteiger charge is -2.12. The number of nitrogens with two attached hydrogens (primary N) is 1. The molecule has 0 radical (unpaired) electrons. The molecule has 84 valence electrons. The van der Waals surface area contributed by atoms with Crippen LogP contribution in [0.2, 0.25) is 0 Å². The molecule has 1 unspecified atom stereocenters. The number of anilines is 1. The average Bonchev–Trinajstić information content (AvgIpc) is 2.15. The Morgan fingerprint density at radius 3 is 2.73 bits per heavy atom. The smallest absolute Gasteiger partial charge is 0.236 e. The van der Waals surface area contributed by atoms with Gasteiger partial charge in [-0.15, -0.1) is 0 Å². The van der Waals surface area contributed by atoms with Crippen LogP contribution in [0.4, 0.5) is 5.69 Å². The van der Waals surface area contributed by atoms with Gasteiger partial charge in [0.1, 0.15) is 0 Å². The van der Waals surface area contributed by atoms with Crippen LogP contribution >= 0.6 is 22.6 Å². The number of rotatable bonds is 4. The number of halogens is 1. The fourth-order valence-corrected chi connectivity index (χ4v) is 2.40. The van der Waals surface area contributed by atoms with Crippen LogP contribution in [0.25, 0.3) is 0 Å². The highest BCUT2D eigenvalue weighted by atomic mass is 127. The molecule has 0 amide bonds. The van der Waals surface area contributed by atoms with Crippen LogP contribution in [-0.4, -0.2) is 20.2 Å². The van der Waals surface area contributed by atoms with Crippen LogP contribution in [-0.2, 0) is 10.0 Å². The quantitative estimate of drug-likeness (QED) is 0.814. The van der Waals surface area contributed by atoms with Crippen molar-refractivity contribution in [2.24, 2.45) is 5.73 Å². The minimum atomic E-state index is -3.36. The third kappa shape index (κ3) is 3.62. The molecule has 0 fully saturated rings. The van der Waals surface area contributed by atoms with Crippen molar-refractivity contribution in [3.63, 3.8) is 0 Å². The fraction of sp³-hybridized carbons (Fsp3) is 0.333. The largest absolute Gasteiger partial charge is 0.329 e. The highest BCUT2D eigenvalue weighted by Gasteiger charge is 2.18. The lowest BCUT2D eigenvalue weighted by atomic mass is 10.3. The van der Waals surface area contributed by atoms with Crippen LogP contribution in [0.5, 0.6) is 0 Å². The molecule has 15 heavy (non-hydrogen) atoms. The summed E-state index contributed by atoms with van der Waals surface area (Å²) in [6, 6.07) is 7.17. The Labute approximate surface area is 103 Å². The Kier molecular flexibility index (Phi) is 4.35. The van der Waals surface area contributed by atoms with E-state index in [0.717, 1.165) is 3.57 Å². The maximum absolute atomic E-state index is 11.6. The van der Waals surface area contributed by atoms with Crippen molar-refractivity contribution in [3.05, 3.63) is 27.8 Å². The predicted octanol–water partition coefficient (Wildman–Crippen LogP) is 1.38. The number of sulfonamides is 1. The summed E-state index contributed by atoms with van der Waals surface area (Å²) >= 11 is 2.12. The molecular formula is C9H13IN2O2S. The molecular weight excluding hydrogens is 327 g/mol. The van der Waals surface area contributed by atoms with Crippen molar-refractivity contribution in [1.29, 1.82) is 0 Å². The number of hydrogen-bond acceptors (Lipinski definition) is 3. The molecule has 0 heterocycles. The van der Waals surface area contributed by atoms with E-state index in [1.54, 1.807) is 25.1 Å². The summed E-state index contributed by atoms with van der Waals surface area (Å²) in [5.41, 5.74) is 5.89. The maximum Gasteiger partial charge on any atom is 0.236 e. The predicted molar refractivity (Wildman–Crippen MR) is 70.2 cm³/mol. The van der Waals surface area contributed by atoms with E-state index in [1.807, 2.05) is 6.07 Å². The highest BCUT2D eigenvalue weighted by Crippen LogP contribution is 2.15. The topological polar surface area (TPSA) is 72.2 Å². The summed E-state index contributed by atoms with van der Waals surface area (Å²) < 4.78 is 26.8. The van der Waals surface area contributed by atoms with E-state index >= 15 is 0 Å². The van der Waals surface area contributed by atoms with E-state index in [9.17, 15) is 8.42 Å². The molecule has 3 N–H and O–H groups in total. The van der Waals surface area contributed by atoms with Crippen LogP contribution in [0, 0.1) is 3.57 Å². The molecule has 1 atom stereocenters. The van der Waals surface area contributed by atoms with Crippen molar-refractivity contribution in [1.82, 2.24) is 0 Å². The third-order valence-corrected chi connectivity index (χ3v) is 4.39. The van der Waals surface area contributed by atoms with Crippen molar-refractivity contribution in [3.8, 4) is 0 Å². The van der Waals surface area contributed by atoms with E-state index in [1.165, 1.54) is 0 Å². The lowest BCUT2D eigenvalue weighted by molar-refractivity contribution is 0.589. The summed E-state index contributed by atoms with van der Waals surface area (Å²) in [7, 11) is -3.36. The summed E-state index contributed by atoms with van der Waals surface area (Å²) in [6.07, 6.45) is 0. The SMILES string of the molecule is CC(CN)S(=O)(=O)Nc1cccc(I)c1. The normalized spacial score (nSPS) is 13.5.